The number of hydrogen-bond donors (Lipinski definition) is 2. The van der Waals surface area contributed by atoms with Crippen molar-refractivity contribution in [3.63, 3.8) is 0 Å². The fraction of sp³-hybridized carbons (Fsp3) is 0.406. The molecule has 44 heavy (non-hydrogen) atoms. The molecule has 0 fully saturated rings. The molecule has 240 valence electrons. The third-order valence-electron chi connectivity index (χ3n) is 7.71. The molecule has 4 aromatic rings. The van der Waals surface area contributed by atoms with E-state index in [1.54, 1.807) is 14.2 Å². The van der Waals surface area contributed by atoms with E-state index < -0.39 is 30.0 Å². The highest BCUT2D eigenvalue weighted by atomic mass is 32.2. The molecule has 0 spiro atoms. The summed E-state index contributed by atoms with van der Waals surface area (Å²) in [5.74, 6) is 2.18. The molecule has 10 nitrogen and oxygen atoms in total. The average Bonchev–Trinajstić information content (AvgIpc) is 2.97. The van der Waals surface area contributed by atoms with Crippen LogP contribution >= 0.6 is 0 Å². The minimum absolute atomic E-state index is 0.0233. The summed E-state index contributed by atoms with van der Waals surface area (Å²) in [7, 11) is -5.46. The predicted octanol–water partition coefficient (Wildman–Crippen LogP) is 6.43. The summed E-state index contributed by atoms with van der Waals surface area (Å²) in [4.78, 5) is 6.36. The predicted molar refractivity (Wildman–Crippen MR) is 173 cm³/mol. The van der Waals surface area contributed by atoms with Crippen LogP contribution in [0.25, 0.3) is 21.7 Å². The highest BCUT2D eigenvalue weighted by molar-refractivity contribution is 7.86. The molecule has 0 amide bonds. The Morgan fingerprint density at radius 2 is 1.41 bits per heavy atom. The van der Waals surface area contributed by atoms with Crippen LogP contribution in [0.5, 0.6) is 11.5 Å². The van der Waals surface area contributed by atoms with Gasteiger partial charge in [-0.15, -0.1) is 0 Å². The molecule has 0 aliphatic rings. The molecule has 1 atom stereocenters. The SMILES string of the molecule is CCN(CC)CCCC(C)c1cc(OC)c2nc(C)cc(C)c2c1OC.O=S(=O)(O)c1cccc2c(S(=O)(=O)O)cccc12. The lowest BCUT2D eigenvalue weighted by Crippen LogP contribution is -2.24. The first-order valence-corrected chi connectivity index (χ1v) is 17.3. The van der Waals surface area contributed by atoms with Gasteiger partial charge in [-0.25, -0.2) is 4.98 Å². The lowest BCUT2D eigenvalue weighted by atomic mass is 9.92. The van der Waals surface area contributed by atoms with Gasteiger partial charge in [-0.3, -0.25) is 9.11 Å². The fourth-order valence-corrected chi connectivity index (χ4v) is 6.89. The van der Waals surface area contributed by atoms with Crippen LogP contribution in [-0.2, 0) is 20.2 Å². The Bertz CT molecular complexity index is 1770. The number of nitrogens with zero attached hydrogens (tertiary/aromatic N) is 2. The van der Waals surface area contributed by atoms with Gasteiger partial charge in [-0.2, -0.15) is 16.8 Å². The summed E-state index contributed by atoms with van der Waals surface area (Å²) in [5.41, 5.74) is 4.28. The third-order valence-corrected chi connectivity index (χ3v) is 9.54. The van der Waals surface area contributed by atoms with Crippen LogP contribution in [0.2, 0.25) is 0 Å². The molecule has 0 aliphatic heterocycles. The van der Waals surface area contributed by atoms with Crippen LogP contribution in [0.15, 0.2) is 58.3 Å². The standard InChI is InChI=1S/C22H34N2O2.C10H8O6S2/c1-8-24(9-2)12-10-11-15(3)18-14-19(25-6)21-20(22(18)26-7)16(4)13-17(5)23-21;11-17(12,13)9-5-1-3-7-8(9)4-2-6-10(7)18(14,15)16/h13-15H,8-12H2,1-7H3;1-6H,(H,11,12,13)(H,14,15,16). The molecule has 3 aromatic carbocycles. The molecule has 4 rings (SSSR count). The zero-order valence-electron chi connectivity index (χ0n) is 26.3. The van der Waals surface area contributed by atoms with Gasteiger partial charge < -0.3 is 14.4 Å². The lowest BCUT2D eigenvalue weighted by molar-refractivity contribution is 0.293. The zero-order chi connectivity index (χ0) is 32.8. The maximum atomic E-state index is 11.2. The molecule has 12 heteroatoms. The molecule has 0 saturated carbocycles. The molecule has 0 saturated heterocycles. The largest absolute Gasteiger partial charge is 0.496 e. The Labute approximate surface area is 260 Å². The summed E-state index contributed by atoms with van der Waals surface area (Å²) in [5, 5.41) is 1.12. The summed E-state index contributed by atoms with van der Waals surface area (Å²) in [6, 6.07) is 11.8. The molecule has 1 unspecified atom stereocenters. The van der Waals surface area contributed by atoms with Gasteiger partial charge in [0.2, 0.25) is 0 Å². The van der Waals surface area contributed by atoms with Gasteiger partial charge in [0.25, 0.3) is 20.2 Å². The Morgan fingerprint density at radius 3 is 1.86 bits per heavy atom. The van der Waals surface area contributed by atoms with Gasteiger partial charge in [0.15, 0.2) is 0 Å². The maximum absolute atomic E-state index is 11.2. The average molecular weight is 647 g/mol. The van der Waals surface area contributed by atoms with Crippen molar-refractivity contribution in [2.45, 2.75) is 63.2 Å². The van der Waals surface area contributed by atoms with Crippen LogP contribution in [0.1, 0.15) is 56.4 Å². The first-order valence-electron chi connectivity index (χ1n) is 14.4. The second-order valence-corrected chi connectivity index (χ2v) is 13.4. The van der Waals surface area contributed by atoms with E-state index in [0.29, 0.717) is 5.92 Å². The van der Waals surface area contributed by atoms with E-state index in [0.717, 1.165) is 66.3 Å². The van der Waals surface area contributed by atoms with Crippen LogP contribution in [0, 0.1) is 13.8 Å². The second kappa shape index (κ2) is 14.7. The van der Waals surface area contributed by atoms with E-state index in [1.165, 1.54) is 41.8 Å². The quantitative estimate of drug-likeness (QED) is 0.175. The van der Waals surface area contributed by atoms with E-state index in [9.17, 15) is 16.8 Å². The first-order chi connectivity index (χ1) is 20.7. The van der Waals surface area contributed by atoms with Crippen molar-refractivity contribution >= 4 is 41.9 Å². The first kappa shape index (κ1) is 35.2. The Kier molecular flexibility index (Phi) is 11.7. The molecule has 1 aromatic heterocycles. The number of aryl methyl sites for hydroxylation is 2. The highest BCUT2D eigenvalue weighted by Crippen LogP contribution is 2.42. The fourth-order valence-electron chi connectivity index (χ4n) is 5.48. The minimum atomic E-state index is -4.47. The number of methoxy groups -OCH3 is 2. The Morgan fingerprint density at radius 1 is 0.864 bits per heavy atom. The topological polar surface area (TPSA) is 143 Å². The van der Waals surface area contributed by atoms with E-state index in [2.05, 4.69) is 44.7 Å². The minimum Gasteiger partial charge on any atom is -0.496 e. The third kappa shape index (κ3) is 8.05. The van der Waals surface area contributed by atoms with Crippen LogP contribution in [0.3, 0.4) is 0 Å². The van der Waals surface area contributed by atoms with Gasteiger partial charge in [-0.05, 0) is 82.1 Å². The Balaban J connectivity index is 0.000000257. The Hall–Kier alpha value is -3.29. The van der Waals surface area contributed by atoms with Crippen molar-refractivity contribution in [2.24, 2.45) is 0 Å². The van der Waals surface area contributed by atoms with E-state index >= 15 is 0 Å². The molecular formula is C32H42N2O8S2. The van der Waals surface area contributed by atoms with Crippen LogP contribution < -0.4 is 9.47 Å². The second-order valence-electron chi connectivity index (χ2n) is 10.6. The summed E-state index contributed by atoms with van der Waals surface area (Å²) < 4.78 is 74.2. The number of pyridine rings is 1. The van der Waals surface area contributed by atoms with E-state index in [4.69, 9.17) is 23.6 Å². The molecule has 0 bridgehead atoms. The monoisotopic (exact) mass is 646 g/mol. The molecule has 1 heterocycles. The number of benzene rings is 3. The smallest absolute Gasteiger partial charge is 0.295 e. The maximum Gasteiger partial charge on any atom is 0.295 e. The van der Waals surface area contributed by atoms with E-state index in [1.807, 2.05) is 6.92 Å². The van der Waals surface area contributed by atoms with Gasteiger partial charge in [0.1, 0.15) is 26.8 Å². The number of ether oxygens (including phenoxy) is 2. The van der Waals surface area contributed by atoms with Gasteiger partial charge in [0, 0.05) is 27.4 Å². The number of fused-ring (bicyclic) bond motifs is 2. The van der Waals surface area contributed by atoms with Crippen molar-refractivity contribution in [3.05, 3.63) is 65.4 Å². The molecular weight excluding hydrogens is 604 g/mol. The molecule has 0 aliphatic carbocycles. The number of hydrogen-bond acceptors (Lipinski definition) is 8. The zero-order valence-corrected chi connectivity index (χ0v) is 27.9. The summed E-state index contributed by atoms with van der Waals surface area (Å²) in [6.07, 6.45) is 2.30. The normalized spacial score (nSPS) is 12.7. The van der Waals surface area contributed by atoms with Crippen molar-refractivity contribution in [2.75, 3.05) is 33.9 Å². The van der Waals surface area contributed by atoms with E-state index in [-0.39, 0.29) is 10.8 Å². The van der Waals surface area contributed by atoms with Gasteiger partial charge in [-0.1, -0.05) is 45.0 Å². The van der Waals surface area contributed by atoms with Crippen LogP contribution in [-0.4, -0.2) is 69.7 Å². The van der Waals surface area contributed by atoms with Gasteiger partial charge in [0.05, 0.1) is 14.2 Å². The number of aromatic nitrogens is 1. The van der Waals surface area contributed by atoms with Crippen molar-refractivity contribution < 1.29 is 35.4 Å². The summed E-state index contributed by atoms with van der Waals surface area (Å²) in [6.45, 7) is 14.2. The van der Waals surface area contributed by atoms with Crippen molar-refractivity contribution in [1.82, 2.24) is 9.88 Å². The lowest BCUT2D eigenvalue weighted by Gasteiger charge is -2.22. The highest BCUT2D eigenvalue weighted by Gasteiger charge is 2.21. The molecule has 0 radical (unpaired) electrons. The van der Waals surface area contributed by atoms with Crippen molar-refractivity contribution in [3.8, 4) is 11.5 Å². The van der Waals surface area contributed by atoms with Crippen LogP contribution in [0.4, 0.5) is 0 Å². The van der Waals surface area contributed by atoms with Gasteiger partial charge >= 0.3 is 0 Å². The summed E-state index contributed by atoms with van der Waals surface area (Å²) >= 11 is 0. The molecule has 2 N–H and O–H groups in total. The van der Waals surface area contributed by atoms with Crippen molar-refractivity contribution in [1.29, 1.82) is 0 Å². The number of rotatable bonds is 11.